The second-order valence-electron chi connectivity index (χ2n) is 4.40. The predicted octanol–water partition coefficient (Wildman–Crippen LogP) is 2.67. The van der Waals surface area contributed by atoms with Gasteiger partial charge >= 0.3 is 0 Å². The number of phenols is 1. The highest BCUT2D eigenvalue weighted by atomic mass is 16.3. The predicted molar refractivity (Wildman–Crippen MR) is 74.0 cm³/mol. The van der Waals surface area contributed by atoms with Gasteiger partial charge in [-0.3, -0.25) is 9.78 Å². The van der Waals surface area contributed by atoms with E-state index in [0.717, 1.165) is 11.1 Å². The van der Waals surface area contributed by atoms with Crippen molar-refractivity contribution in [3.05, 3.63) is 53.9 Å². The molecule has 0 atom stereocenters. The highest BCUT2D eigenvalue weighted by molar-refractivity contribution is 5.91. The van der Waals surface area contributed by atoms with Gasteiger partial charge in [-0.1, -0.05) is 0 Å². The van der Waals surface area contributed by atoms with Crippen LogP contribution in [0, 0.1) is 6.92 Å². The van der Waals surface area contributed by atoms with Crippen molar-refractivity contribution in [3.63, 3.8) is 0 Å². The number of benzene rings is 1. The summed E-state index contributed by atoms with van der Waals surface area (Å²) in [5.74, 6) is 0.191. The number of aromatic hydroxyl groups is 1. The van der Waals surface area contributed by atoms with Crippen LogP contribution in [0.3, 0.4) is 0 Å². The Hall–Kier alpha value is -2.36. The number of pyridine rings is 1. The third-order valence-corrected chi connectivity index (χ3v) is 2.87. The van der Waals surface area contributed by atoms with Crippen LogP contribution in [0.2, 0.25) is 0 Å². The molecule has 0 aliphatic heterocycles. The molecule has 0 unspecified atom stereocenters. The minimum atomic E-state index is -0.0399. The van der Waals surface area contributed by atoms with Crippen molar-refractivity contribution in [2.45, 2.75) is 19.8 Å². The van der Waals surface area contributed by atoms with Crippen LogP contribution in [-0.2, 0) is 11.2 Å². The van der Waals surface area contributed by atoms with E-state index in [1.165, 1.54) is 0 Å². The van der Waals surface area contributed by atoms with Gasteiger partial charge in [-0.15, -0.1) is 0 Å². The molecule has 0 saturated carbocycles. The first kappa shape index (κ1) is 13.1. The second-order valence-corrected chi connectivity index (χ2v) is 4.40. The van der Waals surface area contributed by atoms with Gasteiger partial charge in [0.15, 0.2) is 0 Å². The van der Waals surface area contributed by atoms with E-state index >= 15 is 0 Å². The zero-order valence-electron chi connectivity index (χ0n) is 10.8. The van der Waals surface area contributed by atoms with E-state index in [9.17, 15) is 9.90 Å². The lowest BCUT2D eigenvalue weighted by Crippen LogP contribution is -2.12. The Labute approximate surface area is 112 Å². The molecule has 0 saturated heterocycles. The minimum absolute atomic E-state index is 0.0399. The van der Waals surface area contributed by atoms with Crippen LogP contribution in [0.1, 0.15) is 17.5 Å². The molecule has 4 heteroatoms. The monoisotopic (exact) mass is 256 g/mol. The summed E-state index contributed by atoms with van der Waals surface area (Å²) < 4.78 is 0. The summed E-state index contributed by atoms with van der Waals surface area (Å²) in [4.78, 5) is 15.7. The third-order valence-electron chi connectivity index (χ3n) is 2.87. The summed E-state index contributed by atoms with van der Waals surface area (Å²) >= 11 is 0. The first-order valence-corrected chi connectivity index (χ1v) is 6.13. The molecule has 2 aromatic rings. The van der Waals surface area contributed by atoms with Crippen molar-refractivity contribution in [1.29, 1.82) is 0 Å². The molecule has 1 aromatic heterocycles. The Bertz CT molecular complexity index is 568. The fourth-order valence-electron chi connectivity index (χ4n) is 1.76. The molecule has 0 bridgehead atoms. The number of amides is 1. The van der Waals surface area contributed by atoms with Crippen molar-refractivity contribution in [3.8, 4) is 5.75 Å². The molecule has 0 fully saturated rings. The van der Waals surface area contributed by atoms with Crippen LogP contribution in [0.25, 0.3) is 0 Å². The molecule has 2 rings (SSSR count). The molecule has 98 valence electrons. The van der Waals surface area contributed by atoms with E-state index in [2.05, 4.69) is 10.3 Å². The molecule has 1 amide bonds. The normalized spacial score (nSPS) is 10.2. The molecule has 1 aromatic carbocycles. The van der Waals surface area contributed by atoms with Gasteiger partial charge in [-0.05, 0) is 54.8 Å². The molecule has 2 N–H and O–H groups in total. The zero-order chi connectivity index (χ0) is 13.7. The number of aryl methyl sites for hydroxylation is 2. The topological polar surface area (TPSA) is 62.2 Å². The van der Waals surface area contributed by atoms with E-state index in [0.29, 0.717) is 18.5 Å². The Morgan fingerprint density at radius 1 is 1.26 bits per heavy atom. The summed E-state index contributed by atoms with van der Waals surface area (Å²) in [5, 5.41) is 12.2. The molecule has 4 nitrogen and oxygen atoms in total. The largest absolute Gasteiger partial charge is 0.508 e. The lowest BCUT2D eigenvalue weighted by atomic mass is 10.1. The highest BCUT2D eigenvalue weighted by Gasteiger charge is 2.04. The van der Waals surface area contributed by atoms with Crippen molar-refractivity contribution in [1.82, 2.24) is 4.98 Å². The number of nitrogens with zero attached hydrogens (tertiary/aromatic N) is 1. The third kappa shape index (κ3) is 3.81. The van der Waals surface area contributed by atoms with Crippen LogP contribution in [-0.4, -0.2) is 16.0 Å². The van der Waals surface area contributed by atoms with Gasteiger partial charge in [-0.25, -0.2) is 0 Å². The number of phenolic OH excluding ortho intramolecular Hbond substituents is 1. The van der Waals surface area contributed by atoms with Gasteiger partial charge in [0.05, 0.1) is 0 Å². The van der Waals surface area contributed by atoms with Crippen LogP contribution in [0.5, 0.6) is 5.75 Å². The molecule has 0 aliphatic carbocycles. The smallest absolute Gasteiger partial charge is 0.224 e. The summed E-state index contributed by atoms with van der Waals surface area (Å²) in [6.45, 7) is 1.79. The van der Waals surface area contributed by atoms with Gasteiger partial charge in [-0.2, -0.15) is 0 Å². The van der Waals surface area contributed by atoms with Crippen LogP contribution in [0.15, 0.2) is 42.7 Å². The molecule has 0 aliphatic rings. The first-order valence-electron chi connectivity index (χ1n) is 6.13. The summed E-state index contributed by atoms with van der Waals surface area (Å²) in [7, 11) is 0. The summed E-state index contributed by atoms with van der Waals surface area (Å²) in [5.41, 5.74) is 2.54. The number of nitrogens with one attached hydrogen (secondary N) is 1. The van der Waals surface area contributed by atoms with E-state index < -0.39 is 0 Å². The maximum atomic E-state index is 11.8. The number of aromatic nitrogens is 1. The van der Waals surface area contributed by atoms with E-state index in [4.69, 9.17) is 0 Å². The Morgan fingerprint density at radius 3 is 2.68 bits per heavy atom. The minimum Gasteiger partial charge on any atom is -0.508 e. The van der Waals surface area contributed by atoms with Gasteiger partial charge in [0, 0.05) is 24.5 Å². The van der Waals surface area contributed by atoms with Crippen molar-refractivity contribution in [2.75, 3.05) is 5.32 Å². The summed E-state index contributed by atoms with van der Waals surface area (Å²) in [6.07, 6.45) is 4.54. The average molecular weight is 256 g/mol. The van der Waals surface area contributed by atoms with E-state index in [1.807, 2.05) is 12.1 Å². The average Bonchev–Trinajstić information content (AvgIpc) is 2.42. The quantitative estimate of drug-likeness (QED) is 0.827. The van der Waals surface area contributed by atoms with E-state index in [-0.39, 0.29) is 11.7 Å². The van der Waals surface area contributed by atoms with Gasteiger partial charge < -0.3 is 10.4 Å². The first-order chi connectivity index (χ1) is 9.15. The van der Waals surface area contributed by atoms with Gasteiger partial charge in [0.25, 0.3) is 0 Å². The second kappa shape index (κ2) is 6.00. The number of carbonyl (C=O) groups is 1. The lowest BCUT2D eigenvalue weighted by Gasteiger charge is -2.07. The highest BCUT2D eigenvalue weighted by Crippen LogP contribution is 2.20. The Balaban J connectivity index is 1.89. The maximum absolute atomic E-state index is 11.8. The number of hydrogen-bond acceptors (Lipinski definition) is 3. The van der Waals surface area contributed by atoms with Crippen molar-refractivity contribution in [2.24, 2.45) is 0 Å². The van der Waals surface area contributed by atoms with Crippen LogP contribution in [0.4, 0.5) is 5.69 Å². The van der Waals surface area contributed by atoms with Gasteiger partial charge in [0.2, 0.25) is 5.91 Å². The SMILES string of the molecule is Cc1cc(NC(=O)CCc2ccncc2)ccc1O. The number of anilines is 1. The van der Waals surface area contributed by atoms with Crippen molar-refractivity contribution >= 4 is 11.6 Å². The fraction of sp³-hybridized carbons (Fsp3) is 0.200. The maximum Gasteiger partial charge on any atom is 0.224 e. The number of hydrogen-bond donors (Lipinski definition) is 2. The molecule has 0 spiro atoms. The lowest BCUT2D eigenvalue weighted by molar-refractivity contribution is -0.116. The van der Waals surface area contributed by atoms with E-state index in [1.54, 1.807) is 37.5 Å². The Kier molecular flexibility index (Phi) is 4.13. The molecular weight excluding hydrogens is 240 g/mol. The standard InChI is InChI=1S/C15H16N2O2/c1-11-10-13(3-4-14(11)18)17-15(19)5-2-12-6-8-16-9-7-12/h3-4,6-10,18H,2,5H2,1H3,(H,17,19). The fourth-order valence-corrected chi connectivity index (χ4v) is 1.76. The molecule has 0 radical (unpaired) electrons. The summed E-state index contributed by atoms with van der Waals surface area (Å²) in [6, 6.07) is 8.82. The van der Waals surface area contributed by atoms with Crippen LogP contribution >= 0.6 is 0 Å². The number of rotatable bonds is 4. The molecule has 19 heavy (non-hydrogen) atoms. The molecular formula is C15H16N2O2. The van der Waals surface area contributed by atoms with Crippen LogP contribution < -0.4 is 5.32 Å². The number of carbonyl (C=O) groups excluding carboxylic acids is 1. The Morgan fingerprint density at radius 2 is 2.00 bits per heavy atom. The molecule has 1 heterocycles. The zero-order valence-corrected chi connectivity index (χ0v) is 10.8. The van der Waals surface area contributed by atoms with Gasteiger partial charge in [0.1, 0.15) is 5.75 Å². The van der Waals surface area contributed by atoms with Crippen molar-refractivity contribution < 1.29 is 9.90 Å².